The summed E-state index contributed by atoms with van der Waals surface area (Å²) in [5.74, 6) is 1.19. The first-order valence-corrected chi connectivity index (χ1v) is 8.78. The summed E-state index contributed by atoms with van der Waals surface area (Å²) in [5.41, 5.74) is 1.69. The first-order valence-electron chi connectivity index (χ1n) is 8.78. The van der Waals surface area contributed by atoms with Crippen LogP contribution in [0.3, 0.4) is 0 Å². The number of nitrogens with zero attached hydrogens (tertiary/aromatic N) is 1. The average molecular weight is 372 g/mol. The second kappa shape index (κ2) is 9.83. The summed E-state index contributed by atoms with van der Waals surface area (Å²) in [6.45, 7) is 0.525. The van der Waals surface area contributed by atoms with Gasteiger partial charge < -0.3 is 24.4 Å². The fourth-order valence-corrected chi connectivity index (χ4v) is 2.85. The number of likely N-dealkylation sites (N-methyl/N-ethyl adjacent to an activating group) is 1. The third-order valence-corrected chi connectivity index (χ3v) is 4.47. The summed E-state index contributed by atoms with van der Waals surface area (Å²) in [4.78, 5) is 14.8. The van der Waals surface area contributed by atoms with Crippen LogP contribution < -0.4 is 19.5 Å². The lowest BCUT2D eigenvalue weighted by Gasteiger charge is -2.25. The molecule has 0 aliphatic heterocycles. The van der Waals surface area contributed by atoms with E-state index in [1.165, 1.54) is 26.9 Å². The van der Waals surface area contributed by atoms with Gasteiger partial charge in [-0.25, -0.2) is 0 Å². The summed E-state index contributed by atoms with van der Waals surface area (Å²) in [6.07, 6.45) is 0.851. The molecule has 0 aliphatic rings. The van der Waals surface area contributed by atoms with Gasteiger partial charge in [-0.15, -0.1) is 0 Å². The molecule has 1 unspecified atom stereocenters. The van der Waals surface area contributed by atoms with Crippen LogP contribution in [0.1, 0.15) is 15.9 Å². The number of ether oxygens (including phenoxy) is 3. The molecule has 6 nitrogen and oxygen atoms in total. The van der Waals surface area contributed by atoms with E-state index in [0.29, 0.717) is 29.4 Å². The highest BCUT2D eigenvalue weighted by Gasteiger charge is 2.19. The highest BCUT2D eigenvalue weighted by molar-refractivity contribution is 5.95. The van der Waals surface area contributed by atoms with Crippen molar-refractivity contribution in [1.29, 1.82) is 0 Å². The molecule has 0 heterocycles. The number of nitrogens with one attached hydrogen (secondary N) is 1. The molecule has 1 amide bonds. The molecule has 2 aromatic rings. The standard InChI is InChI=1S/C21H28N2O4/c1-23(2)17(11-15-9-7-6-8-10-15)14-22-21(24)16-12-18(25-3)20(27-5)19(13-16)26-4/h6-10,12-13,17H,11,14H2,1-5H3,(H,22,24). The Labute approximate surface area is 161 Å². The largest absolute Gasteiger partial charge is 0.493 e. The van der Waals surface area contributed by atoms with Crippen molar-refractivity contribution < 1.29 is 19.0 Å². The highest BCUT2D eigenvalue weighted by Crippen LogP contribution is 2.38. The van der Waals surface area contributed by atoms with Crippen LogP contribution in [0.5, 0.6) is 17.2 Å². The maximum Gasteiger partial charge on any atom is 0.251 e. The molecule has 2 rings (SSSR count). The lowest BCUT2D eigenvalue weighted by molar-refractivity contribution is 0.0941. The second-order valence-corrected chi connectivity index (χ2v) is 6.43. The number of hydrogen-bond acceptors (Lipinski definition) is 5. The minimum atomic E-state index is -0.186. The van der Waals surface area contributed by atoms with Gasteiger partial charge in [-0.2, -0.15) is 0 Å². The minimum absolute atomic E-state index is 0.179. The van der Waals surface area contributed by atoms with Crippen LogP contribution in [-0.2, 0) is 6.42 Å². The summed E-state index contributed by atoms with van der Waals surface area (Å²) in [5, 5.41) is 3.01. The van der Waals surface area contributed by atoms with Gasteiger partial charge in [0.25, 0.3) is 5.91 Å². The molecule has 0 saturated carbocycles. The Balaban J connectivity index is 2.11. The van der Waals surface area contributed by atoms with E-state index in [2.05, 4.69) is 22.3 Å². The quantitative estimate of drug-likeness (QED) is 0.733. The zero-order valence-corrected chi connectivity index (χ0v) is 16.6. The molecule has 27 heavy (non-hydrogen) atoms. The maximum absolute atomic E-state index is 12.7. The lowest BCUT2D eigenvalue weighted by Crippen LogP contribution is -2.41. The summed E-state index contributed by atoms with van der Waals surface area (Å²) in [6, 6.07) is 13.7. The summed E-state index contributed by atoms with van der Waals surface area (Å²) < 4.78 is 15.9. The van der Waals surface area contributed by atoms with Crippen molar-refractivity contribution in [3.8, 4) is 17.2 Å². The van der Waals surface area contributed by atoms with Crippen LogP contribution in [0.15, 0.2) is 42.5 Å². The molecule has 146 valence electrons. The fraction of sp³-hybridized carbons (Fsp3) is 0.381. The van der Waals surface area contributed by atoms with Gasteiger partial charge in [0.05, 0.1) is 21.3 Å². The molecule has 0 aliphatic carbocycles. The van der Waals surface area contributed by atoms with Gasteiger partial charge in [0.2, 0.25) is 5.75 Å². The molecule has 0 spiro atoms. The normalized spacial score (nSPS) is 11.8. The van der Waals surface area contributed by atoms with Gasteiger partial charge in [-0.3, -0.25) is 4.79 Å². The van der Waals surface area contributed by atoms with E-state index in [4.69, 9.17) is 14.2 Å². The van der Waals surface area contributed by atoms with Crippen LogP contribution in [0.25, 0.3) is 0 Å². The molecule has 6 heteroatoms. The molecule has 1 N–H and O–H groups in total. The van der Waals surface area contributed by atoms with Crippen LogP contribution >= 0.6 is 0 Å². The van der Waals surface area contributed by atoms with Crippen LogP contribution in [0.4, 0.5) is 0 Å². The Kier molecular flexibility index (Phi) is 7.49. The minimum Gasteiger partial charge on any atom is -0.493 e. The summed E-state index contributed by atoms with van der Waals surface area (Å²) in [7, 11) is 8.62. The van der Waals surface area contributed by atoms with Gasteiger partial charge in [0, 0.05) is 18.2 Å². The van der Waals surface area contributed by atoms with Gasteiger partial charge in [-0.1, -0.05) is 30.3 Å². The van der Waals surface area contributed by atoms with Gasteiger partial charge in [0.15, 0.2) is 11.5 Å². The highest BCUT2D eigenvalue weighted by atomic mass is 16.5. The topological polar surface area (TPSA) is 60.0 Å². The van der Waals surface area contributed by atoms with Gasteiger partial charge >= 0.3 is 0 Å². The number of hydrogen-bond donors (Lipinski definition) is 1. The molecular formula is C21H28N2O4. The SMILES string of the molecule is COc1cc(C(=O)NCC(Cc2ccccc2)N(C)C)cc(OC)c1OC. The molecule has 0 saturated heterocycles. The molecule has 2 aromatic carbocycles. The number of carbonyl (C=O) groups is 1. The van der Waals surface area contributed by atoms with Gasteiger partial charge in [0.1, 0.15) is 0 Å². The van der Waals surface area contributed by atoms with E-state index >= 15 is 0 Å². The molecule has 0 aromatic heterocycles. The number of amides is 1. The van der Waals surface area contributed by atoms with Crippen LogP contribution in [0.2, 0.25) is 0 Å². The van der Waals surface area contributed by atoms with E-state index in [0.717, 1.165) is 6.42 Å². The van der Waals surface area contributed by atoms with Crippen LogP contribution in [-0.4, -0.2) is 58.8 Å². The van der Waals surface area contributed by atoms with Crippen molar-refractivity contribution in [2.75, 3.05) is 42.0 Å². The Hall–Kier alpha value is -2.73. The van der Waals surface area contributed by atoms with Crippen molar-refractivity contribution >= 4 is 5.91 Å². The molecule has 0 bridgehead atoms. The molecule has 1 atom stereocenters. The Bertz CT molecular complexity index is 722. The Morgan fingerprint density at radius 2 is 1.59 bits per heavy atom. The molecule has 0 fully saturated rings. The van der Waals surface area contributed by atoms with E-state index < -0.39 is 0 Å². The van der Waals surface area contributed by atoms with E-state index in [1.54, 1.807) is 12.1 Å². The first-order chi connectivity index (χ1) is 13.0. The number of methoxy groups -OCH3 is 3. The molecule has 0 radical (unpaired) electrons. The number of rotatable bonds is 9. The van der Waals surface area contributed by atoms with Crippen LogP contribution in [0, 0.1) is 0 Å². The van der Waals surface area contributed by atoms with Crippen molar-refractivity contribution in [3.63, 3.8) is 0 Å². The Morgan fingerprint density at radius 1 is 1.00 bits per heavy atom. The first kappa shape index (κ1) is 20.6. The third kappa shape index (κ3) is 5.37. The summed E-state index contributed by atoms with van der Waals surface area (Å²) >= 11 is 0. The van der Waals surface area contributed by atoms with E-state index in [1.807, 2.05) is 32.3 Å². The number of carbonyl (C=O) groups excluding carboxylic acids is 1. The number of benzene rings is 2. The average Bonchev–Trinajstić information content (AvgIpc) is 2.70. The zero-order valence-electron chi connectivity index (χ0n) is 16.6. The van der Waals surface area contributed by atoms with Gasteiger partial charge in [-0.05, 0) is 38.2 Å². The second-order valence-electron chi connectivity index (χ2n) is 6.43. The van der Waals surface area contributed by atoms with Crippen molar-refractivity contribution in [2.45, 2.75) is 12.5 Å². The van der Waals surface area contributed by atoms with E-state index in [-0.39, 0.29) is 11.9 Å². The lowest BCUT2D eigenvalue weighted by atomic mass is 10.0. The third-order valence-electron chi connectivity index (χ3n) is 4.47. The smallest absolute Gasteiger partial charge is 0.251 e. The predicted molar refractivity (Wildman–Crippen MR) is 106 cm³/mol. The maximum atomic E-state index is 12.7. The van der Waals surface area contributed by atoms with Crippen molar-refractivity contribution in [1.82, 2.24) is 10.2 Å². The predicted octanol–water partition coefficient (Wildman–Crippen LogP) is 2.62. The molecular weight excluding hydrogens is 344 g/mol. The Morgan fingerprint density at radius 3 is 2.07 bits per heavy atom. The monoisotopic (exact) mass is 372 g/mol. The zero-order chi connectivity index (χ0) is 19.8. The van der Waals surface area contributed by atoms with E-state index in [9.17, 15) is 4.79 Å². The fourth-order valence-electron chi connectivity index (χ4n) is 2.85. The van der Waals surface area contributed by atoms with Crippen molar-refractivity contribution in [3.05, 3.63) is 53.6 Å². The van der Waals surface area contributed by atoms with Crippen molar-refractivity contribution in [2.24, 2.45) is 0 Å².